The highest BCUT2D eigenvalue weighted by molar-refractivity contribution is 7.92. The summed E-state index contributed by atoms with van der Waals surface area (Å²) in [5.74, 6) is 0.473. The Kier molecular flexibility index (Phi) is 6.90. The van der Waals surface area contributed by atoms with E-state index >= 15 is 0 Å². The molecular weight excluding hydrogens is 502 g/mol. The van der Waals surface area contributed by atoms with Crippen molar-refractivity contribution in [1.29, 1.82) is 0 Å². The first kappa shape index (κ1) is 25.5. The number of aryl methyl sites for hydroxylation is 1. The number of aromatic nitrogens is 2. The maximum atomic E-state index is 13.6. The van der Waals surface area contributed by atoms with Gasteiger partial charge in [0.15, 0.2) is 0 Å². The third kappa shape index (κ3) is 4.74. The number of hydrogen-bond acceptors (Lipinski definition) is 6. The molecule has 1 fully saturated rings. The molecule has 0 atom stereocenters. The minimum Gasteiger partial charge on any atom is -0.360 e. The van der Waals surface area contributed by atoms with Crippen LogP contribution in [0.3, 0.4) is 0 Å². The van der Waals surface area contributed by atoms with Crippen LogP contribution in [-0.2, 0) is 10.0 Å². The summed E-state index contributed by atoms with van der Waals surface area (Å²) < 4.78 is 28.5. The second kappa shape index (κ2) is 10.3. The highest BCUT2D eigenvalue weighted by Gasteiger charge is 2.27. The van der Waals surface area contributed by atoms with E-state index in [1.807, 2.05) is 37.3 Å². The molecule has 2 aromatic carbocycles. The fourth-order valence-corrected chi connectivity index (χ4v) is 6.26. The molecule has 1 saturated heterocycles. The van der Waals surface area contributed by atoms with Gasteiger partial charge in [-0.25, -0.2) is 13.4 Å². The smallest absolute Gasteiger partial charge is 0.264 e. The van der Waals surface area contributed by atoms with Gasteiger partial charge in [-0.05, 0) is 61.9 Å². The zero-order valence-corrected chi connectivity index (χ0v) is 22.1. The van der Waals surface area contributed by atoms with E-state index in [0.29, 0.717) is 37.4 Å². The van der Waals surface area contributed by atoms with Crippen molar-refractivity contribution in [3.8, 4) is 0 Å². The van der Waals surface area contributed by atoms with Crippen LogP contribution >= 0.6 is 0 Å². The first-order valence-electron chi connectivity index (χ1n) is 12.5. The molecule has 0 unspecified atom stereocenters. The summed E-state index contributed by atoms with van der Waals surface area (Å²) in [4.78, 5) is 37.8. The number of anilines is 2. The molecule has 2 aromatic heterocycles. The predicted molar refractivity (Wildman–Crippen MR) is 148 cm³/mol. The number of piperazine rings is 1. The quantitative estimate of drug-likeness (QED) is 0.409. The van der Waals surface area contributed by atoms with Crippen molar-refractivity contribution in [1.82, 2.24) is 14.9 Å². The minimum absolute atomic E-state index is 0.00701. The van der Waals surface area contributed by atoms with Crippen LogP contribution in [0.25, 0.3) is 10.9 Å². The number of aromatic amines is 1. The van der Waals surface area contributed by atoms with E-state index in [1.165, 1.54) is 22.6 Å². The van der Waals surface area contributed by atoms with Gasteiger partial charge in [-0.2, -0.15) is 0 Å². The van der Waals surface area contributed by atoms with Crippen molar-refractivity contribution in [2.24, 2.45) is 0 Å². The molecule has 196 valence electrons. The molecule has 0 bridgehead atoms. The number of nitrogens with zero attached hydrogens (tertiary/aromatic N) is 4. The number of amides is 1. The Morgan fingerprint density at radius 2 is 1.82 bits per heavy atom. The van der Waals surface area contributed by atoms with Crippen molar-refractivity contribution < 1.29 is 13.2 Å². The lowest BCUT2D eigenvalue weighted by atomic mass is 10.1. The summed E-state index contributed by atoms with van der Waals surface area (Å²) in [7, 11) is -3.94. The third-order valence-corrected chi connectivity index (χ3v) is 8.69. The molecule has 5 rings (SSSR count). The molecule has 4 aromatic rings. The summed E-state index contributed by atoms with van der Waals surface area (Å²) in [6.07, 6.45) is 3.15. The van der Waals surface area contributed by atoms with Crippen molar-refractivity contribution in [2.75, 3.05) is 41.9 Å². The zero-order chi connectivity index (χ0) is 26.9. The fraction of sp³-hybridized carbons (Fsp3) is 0.250. The number of carbonyl (C=O) groups excluding carboxylic acids is 1. The zero-order valence-electron chi connectivity index (χ0n) is 21.3. The normalized spacial score (nSPS) is 14.1. The van der Waals surface area contributed by atoms with Gasteiger partial charge < -0.3 is 14.8 Å². The Bertz CT molecular complexity index is 1650. The van der Waals surface area contributed by atoms with Crippen LogP contribution in [0, 0.1) is 6.92 Å². The summed E-state index contributed by atoms with van der Waals surface area (Å²) in [6.45, 7) is 5.98. The van der Waals surface area contributed by atoms with Gasteiger partial charge in [0, 0.05) is 56.0 Å². The van der Waals surface area contributed by atoms with E-state index in [1.54, 1.807) is 36.2 Å². The van der Waals surface area contributed by atoms with Crippen LogP contribution in [0.4, 0.5) is 11.5 Å². The number of rotatable bonds is 6. The van der Waals surface area contributed by atoms with Gasteiger partial charge in [-0.3, -0.25) is 13.9 Å². The lowest BCUT2D eigenvalue weighted by molar-refractivity contribution is 0.0745. The molecule has 1 aliphatic heterocycles. The second-order valence-electron chi connectivity index (χ2n) is 9.21. The minimum atomic E-state index is -3.94. The summed E-state index contributed by atoms with van der Waals surface area (Å²) in [5.41, 5.74) is 1.45. The van der Waals surface area contributed by atoms with Gasteiger partial charge in [-0.1, -0.05) is 18.2 Å². The lowest BCUT2D eigenvalue weighted by Crippen LogP contribution is -2.49. The van der Waals surface area contributed by atoms with Gasteiger partial charge in [0.1, 0.15) is 11.4 Å². The first-order chi connectivity index (χ1) is 18.3. The van der Waals surface area contributed by atoms with Crippen molar-refractivity contribution in [3.05, 3.63) is 94.4 Å². The number of fused-ring (bicyclic) bond motifs is 1. The molecule has 1 aliphatic rings. The van der Waals surface area contributed by atoms with E-state index in [0.717, 1.165) is 11.4 Å². The highest BCUT2D eigenvalue weighted by atomic mass is 32.2. The van der Waals surface area contributed by atoms with E-state index < -0.39 is 15.5 Å². The number of benzene rings is 2. The first-order valence-corrected chi connectivity index (χ1v) is 13.9. The van der Waals surface area contributed by atoms with Crippen LogP contribution in [-0.4, -0.2) is 61.9 Å². The number of hydrogen-bond donors (Lipinski definition) is 1. The van der Waals surface area contributed by atoms with Crippen LogP contribution in [0.2, 0.25) is 0 Å². The summed E-state index contributed by atoms with van der Waals surface area (Å²) in [5, 5.41) is 0.157. The fourth-order valence-electron chi connectivity index (χ4n) is 4.77. The molecule has 0 aliphatic carbocycles. The van der Waals surface area contributed by atoms with Gasteiger partial charge in [0.05, 0.1) is 10.6 Å². The molecule has 0 spiro atoms. The van der Waals surface area contributed by atoms with Crippen molar-refractivity contribution in [2.45, 2.75) is 18.7 Å². The maximum Gasteiger partial charge on any atom is 0.264 e. The summed E-state index contributed by atoms with van der Waals surface area (Å²) >= 11 is 0. The average Bonchev–Trinajstić information content (AvgIpc) is 2.94. The van der Waals surface area contributed by atoms with Crippen molar-refractivity contribution >= 4 is 38.3 Å². The van der Waals surface area contributed by atoms with E-state index in [2.05, 4.69) is 14.9 Å². The standard InChI is InChI=1S/C28H29N5O4S/c1-3-33(21-8-6-7-20(2)17-21)38(36,37)22-10-11-25-23(18-22)27(34)24(19-30-25)28(35)32-15-13-31(14-16-32)26-9-4-5-12-29-26/h4-12,17-19H,3,13-16H2,1-2H3,(H,30,34). The number of sulfonamides is 1. The molecule has 0 radical (unpaired) electrons. The summed E-state index contributed by atoms with van der Waals surface area (Å²) in [6, 6.07) is 17.4. The molecule has 0 saturated carbocycles. The predicted octanol–water partition coefficient (Wildman–Crippen LogP) is 3.41. The Labute approximate surface area is 221 Å². The van der Waals surface area contributed by atoms with E-state index in [4.69, 9.17) is 0 Å². The Morgan fingerprint density at radius 3 is 2.50 bits per heavy atom. The average molecular weight is 532 g/mol. The van der Waals surface area contributed by atoms with Crippen LogP contribution < -0.4 is 14.6 Å². The topological polar surface area (TPSA) is 107 Å². The van der Waals surface area contributed by atoms with Gasteiger partial charge in [-0.15, -0.1) is 0 Å². The van der Waals surface area contributed by atoms with Crippen LogP contribution in [0.1, 0.15) is 22.8 Å². The SMILES string of the molecule is CCN(c1cccc(C)c1)S(=O)(=O)c1ccc2[nH]cc(C(=O)N3CCN(c4ccccn4)CC3)c(=O)c2c1. The monoisotopic (exact) mass is 531 g/mol. The number of nitrogens with one attached hydrogen (secondary N) is 1. The molecule has 1 amide bonds. The second-order valence-corrected chi connectivity index (χ2v) is 11.1. The number of H-pyrrole nitrogens is 1. The Morgan fingerprint density at radius 1 is 1.03 bits per heavy atom. The number of pyridine rings is 2. The molecule has 38 heavy (non-hydrogen) atoms. The maximum absolute atomic E-state index is 13.6. The Hall–Kier alpha value is -4.18. The Balaban J connectivity index is 1.43. The van der Waals surface area contributed by atoms with Crippen LogP contribution in [0.5, 0.6) is 0 Å². The molecule has 1 N–H and O–H groups in total. The molecule has 9 nitrogen and oxygen atoms in total. The van der Waals surface area contributed by atoms with E-state index in [-0.39, 0.29) is 28.3 Å². The highest BCUT2D eigenvalue weighted by Crippen LogP contribution is 2.26. The number of carbonyl (C=O) groups is 1. The van der Waals surface area contributed by atoms with Crippen LogP contribution in [0.15, 0.2) is 82.7 Å². The van der Waals surface area contributed by atoms with E-state index in [9.17, 15) is 18.0 Å². The third-order valence-electron chi connectivity index (χ3n) is 6.79. The molecular formula is C28H29N5O4S. The molecule has 3 heterocycles. The van der Waals surface area contributed by atoms with Gasteiger partial charge in [0.2, 0.25) is 5.43 Å². The largest absolute Gasteiger partial charge is 0.360 e. The van der Waals surface area contributed by atoms with Gasteiger partial charge >= 0.3 is 0 Å². The van der Waals surface area contributed by atoms with Gasteiger partial charge in [0.25, 0.3) is 15.9 Å². The lowest BCUT2D eigenvalue weighted by Gasteiger charge is -2.35. The van der Waals surface area contributed by atoms with Crippen molar-refractivity contribution in [3.63, 3.8) is 0 Å². The molecule has 10 heteroatoms.